The van der Waals surface area contributed by atoms with Crippen molar-refractivity contribution in [3.05, 3.63) is 29.6 Å². The van der Waals surface area contributed by atoms with Crippen LogP contribution in [-0.4, -0.2) is 11.9 Å². The first-order valence-electron chi connectivity index (χ1n) is 4.49. The molecule has 0 aliphatic carbocycles. The van der Waals surface area contributed by atoms with Crippen LogP contribution < -0.4 is 5.46 Å². The quantitative estimate of drug-likeness (QED) is 0.687. The number of benzene rings is 1. The molecule has 70 valence electrons. The Kier molecular flexibility index (Phi) is 3.09. The van der Waals surface area contributed by atoms with Gasteiger partial charge in [-0.2, -0.15) is 0 Å². The molecule has 0 amide bonds. The molecule has 1 N–H and O–H groups in total. The molecule has 0 aromatic heterocycles. The van der Waals surface area contributed by atoms with Crippen molar-refractivity contribution >= 4 is 12.4 Å². The normalized spacial score (nSPS) is 10.6. The Balaban J connectivity index is 3.11. The van der Waals surface area contributed by atoms with Crippen molar-refractivity contribution in [1.82, 2.24) is 0 Å². The highest BCUT2D eigenvalue weighted by molar-refractivity contribution is 6.64. The number of rotatable bonds is 2. The molecule has 1 nitrogen and oxygen atoms in total. The van der Waals surface area contributed by atoms with Gasteiger partial charge in [0.15, 0.2) is 0 Å². The van der Waals surface area contributed by atoms with Gasteiger partial charge in [-0.15, -0.1) is 0 Å². The van der Waals surface area contributed by atoms with E-state index >= 15 is 0 Å². The summed E-state index contributed by atoms with van der Waals surface area (Å²) >= 11 is 0. The third-order valence-corrected chi connectivity index (χ3v) is 2.09. The summed E-state index contributed by atoms with van der Waals surface area (Å²) in [6.07, 6.45) is 0. The van der Waals surface area contributed by atoms with E-state index in [0.29, 0.717) is 5.46 Å². The zero-order valence-corrected chi connectivity index (χ0v) is 8.21. The van der Waals surface area contributed by atoms with Crippen molar-refractivity contribution in [2.45, 2.75) is 26.6 Å². The van der Waals surface area contributed by atoms with Crippen LogP contribution in [0.3, 0.4) is 0 Å². The van der Waals surface area contributed by atoms with Crippen molar-refractivity contribution in [2.75, 3.05) is 0 Å². The Hall–Kier alpha value is -0.825. The van der Waals surface area contributed by atoms with Crippen LogP contribution >= 0.6 is 0 Å². The average Bonchev–Trinajstić information content (AvgIpc) is 2.03. The first-order valence-corrected chi connectivity index (χ1v) is 4.49. The molecule has 0 saturated carbocycles. The molecule has 1 aromatic carbocycles. The van der Waals surface area contributed by atoms with Crippen LogP contribution in [0.1, 0.15) is 25.3 Å². The van der Waals surface area contributed by atoms with Crippen LogP contribution in [-0.2, 0) is 0 Å². The molecule has 0 atom stereocenters. The van der Waals surface area contributed by atoms with E-state index in [-0.39, 0.29) is 11.7 Å². The van der Waals surface area contributed by atoms with Gasteiger partial charge in [-0.3, -0.25) is 0 Å². The van der Waals surface area contributed by atoms with Gasteiger partial charge < -0.3 is 5.02 Å². The van der Waals surface area contributed by atoms with E-state index in [4.69, 9.17) is 0 Å². The summed E-state index contributed by atoms with van der Waals surface area (Å²) in [5.41, 5.74) is 1.57. The highest BCUT2D eigenvalue weighted by Crippen LogP contribution is 2.13. The maximum Gasteiger partial charge on any atom is 0.320 e. The highest BCUT2D eigenvalue weighted by atomic mass is 19.1. The Morgan fingerprint density at radius 1 is 1.31 bits per heavy atom. The molecule has 0 fully saturated rings. The van der Waals surface area contributed by atoms with Gasteiger partial charge >= 0.3 is 6.92 Å². The molecule has 0 radical (unpaired) electrons. The number of hydrogen-bond donors (Lipinski definition) is 1. The summed E-state index contributed by atoms with van der Waals surface area (Å²) in [5, 5.41) is 9.29. The van der Waals surface area contributed by atoms with Crippen molar-refractivity contribution < 1.29 is 9.41 Å². The predicted molar refractivity (Wildman–Crippen MR) is 54.0 cm³/mol. The summed E-state index contributed by atoms with van der Waals surface area (Å²) in [4.78, 5) is 0. The maximum atomic E-state index is 13.0. The van der Waals surface area contributed by atoms with E-state index in [0.717, 1.165) is 5.56 Å². The van der Waals surface area contributed by atoms with Gasteiger partial charge in [0.05, 0.1) is 0 Å². The molecule has 0 aliphatic heterocycles. The van der Waals surface area contributed by atoms with Gasteiger partial charge in [-0.25, -0.2) is 4.39 Å². The van der Waals surface area contributed by atoms with Gasteiger partial charge in [0, 0.05) is 0 Å². The molecule has 0 unspecified atom stereocenters. The monoisotopic (exact) mass is 180 g/mol. The third-order valence-electron chi connectivity index (χ3n) is 2.09. The summed E-state index contributed by atoms with van der Waals surface area (Å²) in [6.45, 7) is 5.04. The van der Waals surface area contributed by atoms with Gasteiger partial charge in [0.1, 0.15) is 5.82 Å². The molecular formula is C10H14BFO. The standard InChI is InChI=1S/C10H14BFO/c1-7(2)8-4-9(11(3)13)6-10(12)5-8/h4-7,13H,1-3H3. The first-order chi connectivity index (χ1) is 6.00. The van der Waals surface area contributed by atoms with Gasteiger partial charge in [-0.05, 0) is 29.1 Å². The lowest BCUT2D eigenvalue weighted by molar-refractivity contribution is 0.591. The van der Waals surface area contributed by atoms with Gasteiger partial charge in [0.25, 0.3) is 0 Å². The minimum atomic E-state index is -0.604. The fourth-order valence-electron chi connectivity index (χ4n) is 1.21. The minimum Gasteiger partial charge on any atom is -0.446 e. The molecule has 0 spiro atoms. The average molecular weight is 180 g/mol. The first kappa shape index (κ1) is 10.3. The Labute approximate surface area is 78.7 Å². The SMILES string of the molecule is CB(O)c1cc(F)cc(C(C)C)c1. The molecule has 0 bridgehead atoms. The van der Waals surface area contributed by atoms with Crippen LogP contribution in [0.4, 0.5) is 4.39 Å². The predicted octanol–water partition coefficient (Wildman–Crippen LogP) is 1.77. The Bertz CT molecular complexity index is 271. The van der Waals surface area contributed by atoms with Crippen LogP contribution in [0.15, 0.2) is 18.2 Å². The smallest absolute Gasteiger partial charge is 0.320 e. The molecular weight excluding hydrogens is 166 g/mol. The molecule has 13 heavy (non-hydrogen) atoms. The fraction of sp³-hybridized carbons (Fsp3) is 0.400. The lowest BCUT2D eigenvalue weighted by Gasteiger charge is -2.08. The molecule has 3 heteroatoms. The Morgan fingerprint density at radius 3 is 2.38 bits per heavy atom. The van der Waals surface area contributed by atoms with Crippen molar-refractivity contribution in [3.8, 4) is 0 Å². The van der Waals surface area contributed by atoms with Crippen LogP contribution in [0.2, 0.25) is 6.82 Å². The number of halogens is 1. The lowest BCUT2D eigenvalue weighted by Crippen LogP contribution is -2.27. The molecule has 1 aromatic rings. The second-order valence-corrected chi connectivity index (χ2v) is 3.65. The van der Waals surface area contributed by atoms with E-state index in [9.17, 15) is 9.41 Å². The number of hydrogen-bond acceptors (Lipinski definition) is 1. The third kappa shape index (κ3) is 2.56. The van der Waals surface area contributed by atoms with E-state index in [1.807, 2.05) is 19.9 Å². The van der Waals surface area contributed by atoms with Crippen molar-refractivity contribution in [1.29, 1.82) is 0 Å². The summed E-state index contributed by atoms with van der Waals surface area (Å²) < 4.78 is 13.0. The molecule has 0 aliphatic rings. The second-order valence-electron chi connectivity index (χ2n) is 3.65. The second kappa shape index (κ2) is 3.92. The molecule has 1 rings (SSSR count). The van der Waals surface area contributed by atoms with Crippen molar-refractivity contribution in [3.63, 3.8) is 0 Å². The topological polar surface area (TPSA) is 20.2 Å². The van der Waals surface area contributed by atoms with Crippen molar-refractivity contribution in [2.24, 2.45) is 0 Å². The zero-order chi connectivity index (χ0) is 10.0. The fourth-order valence-corrected chi connectivity index (χ4v) is 1.21. The van der Waals surface area contributed by atoms with E-state index in [1.54, 1.807) is 6.82 Å². The van der Waals surface area contributed by atoms with Crippen LogP contribution in [0, 0.1) is 5.82 Å². The van der Waals surface area contributed by atoms with E-state index < -0.39 is 6.92 Å². The highest BCUT2D eigenvalue weighted by Gasteiger charge is 2.10. The summed E-state index contributed by atoms with van der Waals surface area (Å²) in [5.74, 6) is 0.00954. The Morgan fingerprint density at radius 2 is 1.92 bits per heavy atom. The summed E-state index contributed by atoms with van der Waals surface area (Å²) in [6, 6.07) is 4.73. The lowest BCUT2D eigenvalue weighted by atomic mass is 9.64. The summed E-state index contributed by atoms with van der Waals surface area (Å²) in [7, 11) is 0. The van der Waals surface area contributed by atoms with E-state index in [1.165, 1.54) is 12.1 Å². The maximum absolute atomic E-state index is 13.0. The van der Waals surface area contributed by atoms with Crippen LogP contribution in [0.5, 0.6) is 0 Å². The van der Waals surface area contributed by atoms with E-state index in [2.05, 4.69) is 0 Å². The minimum absolute atomic E-state index is 0.276. The zero-order valence-electron chi connectivity index (χ0n) is 8.21. The van der Waals surface area contributed by atoms with Crippen LogP contribution in [0.25, 0.3) is 0 Å². The largest absolute Gasteiger partial charge is 0.446 e. The van der Waals surface area contributed by atoms with Gasteiger partial charge in [-0.1, -0.05) is 26.7 Å². The molecule has 0 heterocycles. The molecule has 0 saturated heterocycles. The van der Waals surface area contributed by atoms with Gasteiger partial charge in [0.2, 0.25) is 0 Å².